The normalized spacial score (nSPS) is 10.5. The first-order valence-corrected chi connectivity index (χ1v) is 6.05. The van der Waals surface area contributed by atoms with E-state index in [0.717, 1.165) is 23.4 Å². The lowest BCUT2D eigenvalue weighted by Gasteiger charge is -2.00. The molecule has 1 aromatic carbocycles. The van der Waals surface area contributed by atoms with Gasteiger partial charge in [0.15, 0.2) is 12.2 Å². The molecule has 0 bridgehead atoms. The van der Waals surface area contributed by atoms with Crippen LogP contribution >= 0.6 is 15.9 Å². The number of halogens is 1. The summed E-state index contributed by atoms with van der Waals surface area (Å²) in [6.07, 6.45) is 2.54. The second-order valence-corrected chi connectivity index (χ2v) is 3.87. The van der Waals surface area contributed by atoms with E-state index in [0.29, 0.717) is 5.33 Å². The van der Waals surface area contributed by atoms with Crippen LogP contribution in [0.25, 0.3) is 11.3 Å². The molecule has 3 heteroatoms. The van der Waals surface area contributed by atoms with Gasteiger partial charge in [-0.25, -0.2) is 4.98 Å². The highest BCUT2D eigenvalue weighted by atomic mass is 79.9. The molecular formula is C12H12BrNO. The summed E-state index contributed by atoms with van der Waals surface area (Å²) in [5.74, 6) is 0.856. The number of aryl methyl sites for hydroxylation is 1. The summed E-state index contributed by atoms with van der Waals surface area (Å²) in [5, 5.41) is 0.717. The van der Waals surface area contributed by atoms with E-state index in [4.69, 9.17) is 4.42 Å². The summed E-state index contributed by atoms with van der Waals surface area (Å²) in [7, 11) is 0. The van der Waals surface area contributed by atoms with Crippen molar-refractivity contribution in [3.05, 3.63) is 41.9 Å². The third kappa shape index (κ3) is 2.12. The Hall–Kier alpha value is -1.09. The lowest BCUT2D eigenvalue weighted by Crippen LogP contribution is -1.84. The van der Waals surface area contributed by atoms with Gasteiger partial charge < -0.3 is 4.42 Å². The Morgan fingerprint density at radius 3 is 2.60 bits per heavy atom. The van der Waals surface area contributed by atoms with Crippen LogP contribution in [-0.2, 0) is 11.8 Å². The van der Waals surface area contributed by atoms with Gasteiger partial charge in [-0.05, 0) is 12.0 Å². The molecule has 0 atom stereocenters. The van der Waals surface area contributed by atoms with Gasteiger partial charge in [0, 0.05) is 10.9 Å². The van der Waals surface area contributed by atoms with Crippen molar-refractivity contribution in [3.8, 4) is 11.3 Å². The summed E-state index contributed by atoms with van der Waals surface area (Å²) in [6, 6.07) is 8.39. The minimum atomic E-state index is 0.717. The Morgan fingerprint density at radius 2 is 2.00 bits per heavy atom. The molecule has 0 fully saturated rings. The molecule has 0 saturated carbocycles. The molecule has 2 aromatic rings. The zero-order valence-corrected chi connectivity index (χ0v) is 10.1. The maximum Gasteiger partial charge on any atom is 0.181 e. The molecular weight excluding hydrogens is 254 g/mol. The molecule has 0 amide bonds. The summed E-state index contributed by atoms with van der Waals surface area (Å²) in [4.78, 5) is 4.14. The molecule has 1 aromatic heterocycles. The summed E-state index contributed by atoms with van der Waals surface area (Å²) >= 11 is 3.39. The van der Waals surface area contributed by atoms with Gasteiger partial charge in [0.2, 0.25) is 0 Å². The summed E-state index contributed by atoms with van der Waals surface area (Å²) in [6.45, 7) is 2.15. The van der Waals surface area contributed by atoms with E-state index in [-0.39, 0.29) is 0 Å². The van der Waals surface area contributed by atoms with E-state index in [1.807, 2.05) is 0 Å². The smallest absolute Gasteiger partial charge is 0.181 e. The van der Waals surface area contributed by atoms with E-state index < -0.39 is 0 Å². The molecule has 0 aliphatic heterocycles. The third-order valence-electron chi connectivity index (χ3n) is 2.39. The van der Waals surface area contributed by atoms with E-state index in [1.54, 1.807) is 0 Å². The molecule has 0 unspecified atom stereocenters. The van der Waals surface area contributed by atoms with Gasteiger partial charge in [-0.2, -0.15) is 0 Å². The first-order valence-electron chi connectivity index (χ1n) is 4.92. The fraction of sp³-hybridized carbons (Fsp3) is 0.250. The minimum absolute atomic E-state index is 0.717. The number of hydrogen-bond donors (Lipinski definition) is 0. The Labute approximate surface area is 97.5 Å². The molecule has 0 aliphatic carbocycles. The standard InChI is InChI=1S/C12H12BrNO/c1-2-9-3-5-10(6-4-9)12-11(7-13)14-8-15-12/h3-6,8H,2,7H2,1H3. The molecule has 15 heavy (non-hydrogen) atoms. The summed E-state index contributed by atoms with van der Waals surface area (Å²) < 4.78 is 5.37. The lowest BCUT2D eigenvalue weighted by atomic mass is 10.1. The van der Waals surface area contributed by atoms with Crippen LogP contribution in [0.1, 0.15) is 18.2 Å². The largest absolute Gasteiger partial charge is 0.443 e. The number of rotatable bonds is 3. The monoisotopic (exact) mass is 265 g/mol. The molecule has 1 heterocycles. The molecule has 0 N–H and O–H groups in total. The van der Waals surface area contributed by atoms with Gasteiger partial charge in [0.25, 0.3) is 0 Å². The maximum absolute atomic E-state index is 5.37. The number of nitrogens with zero attached hydrogens (tertiary/aromatic N) is 1. The fourth-order valence-corrected chi connectivity index (χ4v) is 1.89. The quantitative estimate of drug-likeness (QED) is 0.790. The Kier molecular flexibility index (Phi) is 3.21. The molecule has 0 aliphatic rings. The number of aromatic nitrogens is 1. The highest BCUT2D eigenvalue weighted by molar-refractivity contribution is 9.08. The van der Waals surface area contributed by atoms with Crippen LogP contribution in [0.2, 0.25) is 0 Å². The zero-order chi connectivity index (χ0) is 10.7. The van der Waals surface area contributed by atoms with E-state index in [1.165, 1.54) is 12.0 Å². The predicted octanol–water partition coefficient (Wildman–Crippen LogP) is 3.80. The maximum atomic E-state index is 5.37. The highest BCUT2D eigenvalue weighted by Gasteiger charge is 2.08. The van der Waals surface area contributed by atoms with Crippen molar-refractivity contribution in [1.82, 2.24) is 4.98 Å². The number of alkyl halides is 1. The number of benzene rings is 1. The van der Waals surface area contributed by atoms with Gasteiger partial charge in [-0.3, -0.25) is 0 Å². The van der Waals surface area contributed by atoms with Gasteiger partial charge >= 0.3 is 0 Å². The average molecular weight is 266 g/mol. The van der Waals surface area contributed by atoms with Crippen molar-refractivity contribution in [2.24, 2.45) is 0 Å². The van der Waals surface area contributed by atoms with Crippen LogP contribution in [-0.4, -0.2) is 4.98 Å². The Morgan fingerprint density at radius 1 is 1.27 bits per heavy atom. The molecule has 78 valence electrons. The van der Waals surface area contributed by atoms with Gasteiger partial charge in [0.05, 0.1) is 5.69 Å². The number of hydrogen-bond acceptors (Lipinski definition) is 2. The zero-order valence-electron chi connectivity index (χ0n) is 8.53. The molecule has 2 rings (SSSR count). The topological polar surface area (TPSA) is 26.0 Å². The highest BCUT2D eigenvalue weighted by Crippen LogP contribution is 2.24. The first-order chi connectivity index (χ1) is 7.35. The first kappa shape index (κ1) is 10.4. The van der Waals surface area contributed by atoms with E-state index in [2.05, 4.69) is 52.1 Å². The van der Waals surface area contributed by atoms with Crippen LogP contribution in [0.4, 0.5) is 0 Å². The Balaban J connectivity index is 2.37. The van der Waals surface area contributed by atoms with Crippen molar-refractivity contribution >= 4 is 15.9 Å². The Bertz CT molecular complexity index is 433. The molecule has 0 spiro atoms. The van der Waals surface area contributed by atoms with Crippen molar-refractivity contribution in [2.75, 3.05) is 0 Å². The van der Waals surface area contributed by atoms with E-state index in [9.17, 15) is 0 Å². The van der Waals surface area contributed by atoms with Gasteiger partial charge in [-0.1, -0.05) is 47.1 Å². The van der Waals surface area contributed by atoms with Gasteiger partial charge in [0.1, 0.15) is 0 Å². The van der Waals surface area contributed by atoms with Crippen molar-refractivity contribution in [3.63, 3.8) is 0 Å². The molecule has 0 radical (unpaired) electrons. The summed E-state index contributed by atoms with van der Waals surface area (Å²) in [5.41, 5.74) is 3.36. The lowest BCUT2D eigenvalue weighted by molar-refractivity contribution is 0.571. The third-order valence-corrected chi connectivity index (χ3v) is 2.92. The van der Waals surface area contributed by atoms with Crippen molar-refractivity contribution in [2.45, 2.75) is 18.7 Å². The molecule has 0 saturated heterocycles. The van der Waals surface area contributed by atoms with Gasteiger partial charge in [-0.15, -0.1) is 0 Å². The van der Waals surface area contributed by atoms with Crippen LogP contribution in [0.15, 0.2) is 35.1 Å². The average Bonchev–Trinajstić information content (AvgIpc) is 2.77. The molecule has 2 nitrogen and oxygen atoms in total. The minimum Gasteiger partial charge on any atom is -0.443 e. The fourth-order valence-electron chi connectivity index (χ4n) is 1.49. The second kappa shape index (κ2) is 4.62. The van der Waals surface area contributed by atoms with Crippen LogP contribution in [0, 0.1) is 0 Å². The van der Waals surface area contributed by atoms with Crippen LogP contribution < -0.4 is 0 Å². The van der Waals surface area contributed by atoms with Crippen molar-refractivity contribution < 1.29 is 4.42 Å². The SMILES string of the molecule is CCc1ccc(-c2ocnc2CBr)cc1. The van der Waals surface area contributed by atoms with Crippen LogP contribution in [0.3, 0.4) is 0 Å². The van der Waals surface area contributed by atoms with Crippen LogP contribution in [0.5, 0.6) is 0 Å². The number of oxazole rings is 1. The van der Waals surface area contributed by atoms with Crippen molar-refractivity contribution in [1.29, 1.82) is 0 Å². The second-order valence-electron chi connectivity index (χ2n) is 3.31. The van der Waals surface area contributed by atoms with E-state index >= 15 is 0 Å². The predicted molar refractivity (Wildman–Crippen MR) is 63.9 cm³/mol.